The van der Waals surface area contributed by atoms with Gasteiger partial charge in [0.1, 0.15) is 0 Å². The molecule has 0 fully saturated rings. The molecule has 0 aliphatic carbocycles. The van der Waals surface area contributed by atoms with Crippen LogP contribution in [0.5, 0.6) is 0 Å². The fourth-order valence-electron chi connectivity index (χ4n) is 2.74. The lowest BCUT2D eigenvalue weighted by Gasteiger charge is -2.10. The third kappa shape index (κ3) is 3.65. The molecule has 2 aromatic heterocycles. The Labute approximate surface area is 178 Å². The van der Waals surface area contributed by atoms with Crippen LogP contribution in [-0.2, 0) is 10.0 Å². The fraction of sp³-hybridized carbons (Fsp3) is 0.111. The lowest BCUT2D eigenvalue weighted by Crippen LogP contribution is -2.22. The number of thiazole rings is 1. The summed E-state index contributed by atoms with van der Waals surface area (Å²) in [5.74, 6) is -0.390. The van der Waals surface area contributed by atoms with Gasteiger partial charge in [0.05, 0.1) is 24.9 Å². The standard InChI is InChI=1S/C18H14N4O5S3/c1-21(2)30(26,27)12-4-5-13-15(9-12)29-18(19-13)20-17(23)16-8-10-7-11(22(24)25)3-6-14(10)28-16/h3-9H,1-2H3,(H,19,20,23). The van der Waals surface area contributed by atoms with Gasteiger partial charge >= 0.3 is 0 Å². The average molecular weight is 463 g/mol. The smallest absolute Gasteiger partial charge is 0.270 e. The quantitative estimate of drug-likeness (QED) is 0.354. The average Bonchev–Trinajstić information content (AvgIpc) is 3.29. The van der Waals surface area contributed by atoms with Crippen LogP contribution in [0.4, 0.5) is 10.8 Å². The number of amides is 1. The van der Waals surface area contributed by atoms with Crippen LogP contribution in [0, 0.1) is 10.1 Å². The van der Waals surface area contributed by atoms with Crippen molar-refractivity contribution < 1.29 is 18.1 Å². The van der Waals surface area contributed by atoms with Crippen molar-refractivity contribution in [2.45, 2.75) is 4.90 Å². The second kappa shape index (κ2) is 7.40. The maximum Gasteiger partial charge on any atom is 0.270 e. The van der Waals surface area contributed by atoms with E-state index in [1.54, 1.807) is 18.2 Å². The van der Waals surface area contributed by atoms with Gasteiger partial charge in [-0.1, -0.05) is 11.3 Å². The highest BCUT2D eigenvalue weighted by Gasteiger charge is 2.19. The molecule has 9 nitrogen and oxygen atoms in total. The number of non-ortho nitro benzene ring substituents is 1. The van der Waals surface area contributed by atoms with Gasteiger partial charge in [-0.15, -0.1) is 11.3 Å². The lowest BCUT2D eigenvalue weighted by molar-refractivity contribution is -0.384. The van der Waals surface area contributed by atoms with E-state index in [-0.39, 0.29) is 16.5 Å². The minimum absolute atomic E-state index is 0.0399. The molecule has 154 valence electrons. The second-order valence-corrected chi connectivity index (χ2v) is 10.7. The van der Waals surface area contributed by atoms with Crippen molar-refractivity contribution in [2.24, 2.45) is 0 Å². The van der Waals surface area contributed by atoms with Crippen molar-refractivity contribution in [3.63, 3.8) is 0 Å². The van der Waals surface area contributed by atoms with E-state index in [1.165, 1.54) is 49.7 Å². The van der Waals surface area contributed by atoms with Crippen LogP contribution < -0.4 is 5.32 Å². The van der Waals surface area contributed by atoms with Crippen LogP contribution in [-0.4, -0.2) is 42.6 Å². The predicted octanol–water partition coefficient (Wildman–Crippen LogP) is 3.92. The molecule has 30 heavy (non-hydrogen) atoms. The van der Waals surface area contributed by atoms with E-state index >= 15 is 0 Å². The van der Waals surface area contributed by atoms with Crippen molar-refractivity contribution in [1.82, 2.24) is 9.29 Å². The molecule has 0 aliphatic rings. The maximum atomic E-state index is 12.6. The number of nitrogens with one attached hydrogen (secondary N) is 1. The highest BCUT2D eigenvalue weighted by molar-refractivity contribution is 7.89. The molecule has 12 heteroatoms. The molecular weight excluding hydrogens is 448 g/mol. The SMILES string of the molecule is CN(C)S(=O)(=O)c1ccc2nc(NC(=O)c3cc4cc([N+](=O)[O-])ccc4s3)sc2c1. The number of hydrogen-bond donors (Lipinski definition) is 1. The molecule has 0 radical (unpaired) electrons. The van der Waals surface area contributed by atoms with Crippen LogP contribution in [0.2, 0.25) is 0 Å². The summed E-state index contributed by atoms with van der Waals surface area (Å²) >= 11 is 2.38. The first-order valence-electron chi connectivity index (χ1n) is 8.47. The lowest BCUT2D eigenvalue weighted by atomic mass is 10.2. The first kappa shape index (κ1) is 20.3. The number of rotatable bonds is 5. The Balaban J connectivity index is 1.61. The number of thiophene rings is 1. The Kier molecular flexibility index (Phi) is 5.02. The summed E-state index contributed by atoms with van der Waals surface area (Å²) in [7, 11) is -0.659. The van der Waals surface area contributed by atoms with Crippen LogP contribution >= 0.6 is 22.7 Å². The number of hydrogen-bond acceptors (Lipinski definition) is 8. The largest absolute Gasteiger partial charge is 0.297 e. The van der Waals surface area contributed by atoms with E-state index in [4.69, 9.17) is 0 Å². The molecule has 2 heterocycles. The molecule has 0 unspecified atom stereocenters. The number of nitrogens with zero attached hydrogens (tertiary/aromatic N) is 3. The van der Waals surface area contributed by atoms with E-state index in [1.807, 2.05) is 0 Å². The van der Waals surface area contributed by atoms with Gasteiger partial charge in [-0.25, -0.2) is 17.7 Å². The summed E-state index contributed by atoms with van der Waals surface area (Å²) in [6.07, 6.45) is 0. The van der Waals surface area contributed by atoms with Crippen LogP contribution in [0.3, 0.4) is 0 Å². The highest BCUT2D eigenvalue weighted by atomic mass is 32.2. The third-order valence-electron chi connectivity index (χ3n) is 4.29. The minimum Gasteiger partial charge on any atom is -0.297 e. The van der Waals surface area contributed by atoms with Gasteiger partial charge in [0, 0.05) is 36.3 Å². The number of fused-ring (bicyclic) bond motifs is 2. The molecule has 4 aromatic rings. The van der Waals surface area contributed by atoms with E-state index in [9.17, 15) is 23.3 Å². The molecule has 0 saturated heterocycles. The maximum absolute atomic E-state index is 12.6. The van der Waals surface area contributed by atoms with Gasteiger partial charge in [0.2, 0.25) is 10.0 Å². The number of nitro benzene ring substituents is 1. The molecule has 0 aliphatic heterocycles. The molecule has 4 rings (SSSR count). The number of aromatic nitrogens is 1. The van der Waals surface area contributed by atoms with E-state index < -0.39 is 14.9 Å². The van der Waals surface area contributed by atoms with Crippen LogP contribution in [0.15, 0.2) is 47.4 Å². The van der Waals surface area contributed by atoms with Crippen LogP contribution in [0.25, 0.3) is 20.3 Å². The van der Waals surface area contributed by atoms with Gasteiger partial charge in [0.15, 0.2) is 5.13 Å². The molecule has 0 bridgehead atoms. The van der Waals surface area contributed by atoms with Gasteiger partial charge in [-0.2, -0.15) is 0 Å². The Morgan fingerprint density at radius 2 is 1.87 bits per heavy atom. The predicted molar refractivity (Wildman–Crippen MR) is 117 cm³/mol. The number of carbonyl (C=O) groups excluding carboxylic acids is 1. The zero-order chi connectivity index (χ0) is 21.6. The second-order valence-electron chi connectivity index (χ2n) is 6.48. The molecule has 0 saturated carbocycles. The monoisotopic (exact) mass is 462 g/mol. The number of benzene rings is 2. The normalized spacial score (nSPS) is 12.0. The van der Waals surface area contributed by atoms with Crippen LogP contribution in [0.1, 0.15) is 9.67 Å². The van der Waals surface area contributed by atoms with E-state index in [2.05, 4.69) is 10.3 Å². The van der Waals surface area contributed by atoms with Crippen molar-refractivity contribution in [3.8, 4) is 0 Å². The number of sulfonamides is 1. The van der Waals surface area contributed by atoms with Crippen molar-refractivity contribution in [3.05, 3.63) is 57.5 Å². The number of carbonyl (C=O) groups is 1. The van der Waals surface area contributed by atoms with Crippen molar-refractivity contribution in [2.75, 3.05) is 19.4 Å². The fourth-order valence-corrected chi connectivity index (χ4v) is 5.59. The molecular formula is C18H14N4O5S3. The Bertz CT molecular complexity index is 1420. The first-order valence-corrected chi connectivity index (χ1v) is 11.5. The van der Waals surface area contributed by atoms with E-state index in [0.29, 0.717) is 25.6 Å². The summed E-state index contributed by atoms with van der Waals surface area (Å²) in [5, 5.41) is 14.6. The van der Waals surface area contributed by atoms with Gasteiger partial charge < -0.3 is 0 Å². The number of nitro groups is 1. The summed E-state index contributed by atoms with van der Waals surface area (Å²) in [4.78, 5) is 27.9. The Morgan fingerprint density at radius 3 is 2.57 bits per heavy atom. The Hall–Kier alpha value is -2.93. The summed E-state index contributed by atoms with van der Waals surface area (Å²) in [6, 6.07) is 10.6. The minimum atomic E-state index is -3.57. The van der Waals surface area contributed by atoms with Gasteiger partial charge in [0.25, 0.3) is 11.6 Å². The number of anilines is 1. The molecule has 0 spiro atoms. The van der Waals surface area contributed by atoms with E-state index in [0.717, 1.165) is 20.3 Å². The van der Waals surface area contributed by atoms with Crippen molar-refractivity contribution in [1.29, 1.82) is 0 Å². The van der Waals surface area contributed by atoms with Gasteiger partial charge in [-0.3, -0.25) is 20.2 Å². The summed E-state index contributed by atoms with van der Waals surface area (Å²) in [6.45, 7) is 0. The molecule has 1 N–H and O–H groups in total. The highest BCUT2D eigenvalue weighted by Crippen LogP contribution is 2.32. The van der Waals surface area contributed by atoms with Crippen molar-refractivity contribution >= 4 is 69.7 Å². The zero-order valence-corrected chi connectivity index (χ0v) is 18.1. The van der Waals surface area contributed by atoms with Gasteiger partial charge in [-0.05, 0) is 30.3 Å². The zero-order valence-electron chi connectivity index (χ0n) is 15.6. The topological polar surface area (TPSA) is 123 Å². The summed E-state index contributed by atoms with van der Waals surface area (Å²) in [5.41, 5.74) is 0.530. The summed E-state index contributed by atoms with van der Waals surface area (Å²) < 4.78 is 27.1. The molecule has 0 atom stereocenters. The molecule has 2 aromatic carbocycles. The molecule has 1 amide bonds. The first-order chi connectivity index (χ1) is 14.1. The third-order valence-corrected chi connectivity index (χ3v) is 8.15. The Morgan fingerprint density at radius 1 is 1.10 bits per heavy atom.